The highest BCUT2D eigenvalue weighted by Gasteiger charge is 2.53. The minimum absolute atomic E-state index is 0.357. The molecule has 0 N–H and O–H groups in total. The molecule has 4 nitrogen and oxygen atoms in total. The lowest BCUT2D eigenvalue weighted by molar-refractivity contribution is 0.00578. The summed E-state index contributed by atoms with van der Waals surface area (Å²) in [5.41, 5.74) is 1.53. The molecule has 0 spiro atoms. The van der Waals surface area contributed by atoms with Gasteiger partial charge in [-0.1, -0.05) is 0 Å². The minimum Gasteiger partial charge on any atom is -0.463 e. The zero-order valence-corrected chi connectivity index (χ0v) is 11.1. The first-order valence-corrected chi connectivity index (χ1v) is 6.09. The summed E-state index contributed by atoms with van der Waals surface area (Å²) in [6.45, 7) is 8.09. The molecule has 3 rings (SSSR count). The van der Waals surface area contributed by atoms with Crippen molar-refractivity contribution in [3.8, 4) is 0 Å². The van der Waals surface area contributed by atoms with Crippen molar-refractivity contribution in [2.24, 2.45) is 0 Å². The largest absolute Gasteiger partial charge is 0.532 e. The van der Waals surface area contributed by atoms with Crippen LogP contribution in [0.4, 0.5) is 0 Å². The van der Waals surface area contributed by atoms with Crippen LogP contribution < -0.4 is 5.66 Å². The van der Waals surface area contributed by atoms with Crippen molar-refractivity contribution in [2.45, 2.75) is 38.9 Å². The number of aromatic nitrogens is 1. The molecule has 2 aromatic rings. The van der Waals surface area contributed by atoms with E-state index in [1.54, 1.807) is 6.20 Å². The maximum Gasteiger partial charge on any atom is 0.532 e. The zero-order valence-electron chi connectivity index (χ0n) is 11.1. The molecule has 94 valence electrons. The van der Waals surface area contributed by atoms with Gasteiger partial charge in [-0.25, -0.2) is 0 Å². The quantitative estimate of drug-likeness (QED) is 0.722. The zero-order chi connectivity index (χ0) is 13.0. The summed E-state index contributed by atoms with van der Waals surface area (Å²) >= 11 is 0. The van der Waals surface area contributed by atoms with E-state index in [0.29, 0.717) is 5.66 Å². The number of hydrogen-bond donors (Lipinski definition) is 0. The SMILES string of the molecule is CC1(C)OB(c2cc3ncccc3o2)OC1(C)C. The van der Waals surface area contributed by atoms with E-state index < -0.39 is 7.12 Å². The van der Waals surface area contributed by atoms with Gasteiger partial charge in [0.25, 0.3) is 0 Å². The molecule has 1 aliphatic heterocycles. The smallest absolute Gasteiger partial charge is 0.463 e. The van der Waals surface area contributed by atoms with E-state index in [1.807, 2.05) is 45.9 Å². The first-order chi connectivity index (χ1) is 8.39. The predicted molar refractivity (Wildman–Crippen MR) is 69.7 cm³/mol. The number of furan rings is 1. The van der Waals surface area contributed by atoms with Crippen LogP contribution in [0.15, 0.2) is 28.8 Å². The molecule has 0 aromatic carbocycles. The highest BCUT2D eigenvalue weighted by molar-refractivity contribution is 6.61. The monoisotopic (exact) mass is 245 g/mol. The maximum atomic E-state index is 5.94. The van der Waals surface area contributed by atoms with Crippen LogP contribution >= 0.6 is 0 Å². The van der Waals surface area contributed by atoms with Gasteiger partial charge in [-0.15, -0.1) is 0 Å². The third kappa shape index (κ3) is 1.66. The third-order valence-corrected chi connectivity index (χ3v) is 3.79. The molecule has 0 bridgehead atoms. The molecule has 2 aromatic heterocycles. The van der Waals surface area contributed by atoms with E-state index in [9.17, 15) is 0 Å². The van der Waals surface area contributed by atoms with Crippen molar-refractivity contribution >= 4 is 23.9 Å². The fraction of sp³-hybridized carbons (Fsp3) is 0.462. The fourth-order valence-corrected chi connectivity index (χ4v) is 1.96. The van der Waals surface area contributed by atoms with E-state index >= 15 is 0 Å². The van der Waals surface area contributed by atoms with Crippen LogP contribution in [0.25, 0.3) is 11.1 Å². The third-order valence-electron chi connectivity index (χ3n) is 3.79. The van der Waals surface area contributed by atoms with Gasteiger partial charge in [-0.05, 0) is 39.8 Å². The molecular weight excluding hydrogens is 229 g/mol. The highest BCUT2D eigenvalue weighted by Crippen LogP contribution is 2.36. The van der Waals surface area contributed by atoms with Crippen molar-refractivity contribution in [3.63, 3.8) is 0 Å². The summed E-state index contributed by atoms with van der Waals surface area (Å²) in [5.74, 6) is 0. The molecule has 0 aliphatic carbocycles. The topological polar surface area (TPSA) is 44.5 Å². The Balaban J connectivity index is 1.97. The van der Waals surface area contributed by atoms with Gasteiger partial charge < -0.3 is 13.7 Å². The van der Waals surface area contributed by atoms with Crippen molar-refractivity contribution in [3.05, 3.63) is 24.4 Å². The van der Waals surface area contributed by atoms with Crippen molar-refractivity contribution in [1.29, 1.82) is 0 Å². The summed E-state index contributed by atoms with van der Waals surface area (Å²) in [5, 5.41) is 0. The van der Waals surface area contributed by atoms with Crippen LogP contribution in [-0.4, -0.2) is 23.3 Å². The number of rotatable bonds is 1. The minimum atomic E-state index is -0.468. The lowest BCUT2D eigenvalue weighted by Crippen LogP contribution is -2.41. The van der Waals surface area contributed by atoms with Crippen LogP contribution in [0.3, 0.4) is 0 Å². The summed E-state index contributed by atoms with van der Waals surface area (Å²) in [4.78, 5) is 4.24. The molecule has 0 radical (unpaired) electrons. The molecule has 0 atom stereocenters. The lowest BCUT2D eigenvalue weighted by Gasteiger charge is -2.32. The Labute approximate surface area is 106 Å². The van der Waals surface area contributed by atoms with Crippen LogP contribution in [0, 0.1) is 0 Å². The number of pyridine rings is 1. The van der Waals surface area contributed by atoms with E-state index in [1.165, 1.54) is 0 Å². The second-order valence-electron chi connectivity index (χ2n) is 5.62. The Morgan fingerprint density at radius 3 is 2.39 bits per heavy atom. The Morgan fingerprint density at radius 2 is 1.78 bits per heavy atom. The Bertz CT molecular complexity index is 542. The molecule has 3 heterocycles. The molecule has 1 saturated heterocycles. The average Bonchev–Trinajstić information content (AvgIpc) is 2.78. The van der Waals surface area contributed by atoms with E-state index in [-0.39, 0.29) is 11.2 Å². The van der Waals surface area contributed by atoms with Gasteiger partial charge in [0.05, 0.1) is 11.2 Å². The number of nitrogens with zero attached hydrogens (tertiary/aromatic N) is 1. The van der Waals surface area contributed by atoms with Crippen molar-refractivity contribution < 1.29 is 13.7 Å². The standard InChI is InChI=1S/C13H16BNO3/c1-12(2)13(3,4)18-14(17-12)11-8-9-10(16-11)6-5-7-15-9/h5-8H,1-4H3. The molecular formula is C13H16BNO3. The van der Waals surface area contributed by atoms with E-state index in [2.05, 4.69) is 4.98 Å². The summed E-state index contributed by atoms with van der Waals surface area (Å²) in [7, 11) is -0.468. The van der Waals surface area contributed by atoms with Gasteiger partial charge in [0.2, 0.25) is 0 Å². The molecule has 1 fully saturated rings. The lowest BCUT2D eigenvalue weighted by atomic mass is 9.86. The molecule has 0 saturated carbocycles. The van der Waals surface area contributed by atoms with Gasteiger partial charge in [0, 0.05) is 12.3 Å². The second-order valence-corrected chi connectivity index (χ2v) is 5.62. The molecule has 0 unspecified atom stereocenters. The van der Waals surface area contributed by atoms with Crippen LogP contribution in [0.2, 0.25) is 0 Å². The van der Waals surface area contributed by atoms with E-state index in [4.69, 9.17) is 13.7 Å². The van der Waals surface area contributed by atoms with Crippen LogP contribution in [0.1, 0.15) is 27.7 Å². The molecule has 5 heteroatoms. The predicted octanol–water partition coefficient (Wildman–Crippen LogP) is 2.13. The Kier molecular flexibility index (Phi) is 2.34. The van der Waals surface area contributed by atoms with Crippen molar-refractivity contribution in [1.82, 2.24) is 4.98 Å². The molecule has 0 amide bonds. The van der Waals surface area contributed by atoms with E-state index in [0.717, 1.165) is 11.1 Å². The fourth-order valence-electron chi connectivity index (χ4n) is 1.96. The molecule has 1 aliphatic rings. The first-order valence-electron chi connectivity index (χ1n) is 6.09. The van der Waals surface area contributed by atoms with Gasteiger partial charge >= 0.3 is 7.12 Å². The first kappa shape index (κ1) is 11.7. The number of fused-ring (bicyclic) bond motifs is 1. The number of hydrogen-bond acceptors (Lipinski definition) is 4. The average molecular weight is 245 g/mol. The van der Waals surface area contributed by atoms with Crippen molar-refractivity contribution in [2.75, 3.05) is 0 Å². The summed E-state index contributed by atoms with van der Waals surface area (Å²) < 4.78 is 17.6. The molecule has 18 heavy (non-hydrogen) atoms. The Hall–Kier alpha value is -1.33. The van der Waals surface area contributed by atoms with Gasteiger partial charge in [-0.3, -0.25) is 4.98 Å². The maximum absolute atomic E-state index is 5.94. The normalized spacial score (nSPS) is 21.7. The van der Waals surface area contributed by atoms with Crippen LogP contribution in [-0.2, 0) is 9.31 Å². The van der Waals surface area contributed by atoms with Gasteiger partial charge in [-0.2, -0.15) is 0 Å². The van der Waals surface area contributed by atoms with Crippen LogP contribution in [0.5, 0.6) is 0 Å². The van der Waals surface area contributed by atoms with Gasteiger partial charge in [0.15, 0.2) is 5.58 Å². The summed E-state index contributed by atoms with van der Waals surface area (Å²) in [6.07, 6.45) is 1.74. The Morgan fingerprint density at radius 1 is 1.11 bits per heavy atom. The van der Waals surface area contributed by atoms with Gasteiger partial charge in [0.1, 0.15) is 11.2 Å². The highest BCUT2D eigenvalue weighted by atomic mass is 16.7. The summed E-state index contributed by atoms with van der Waals surface area (Å²) in [6, 6.07) is 5.61. The second kappa shape index (κ2) is 3.59.